The quantitative estimate of drug-likeness (QED) is 0.713. The van der Waals surface area contributed by atoms with Crippen LogP contribution in [0, 0.1) is 0 Å². The number of ether oxygens (including phenoxy) is 1. The van der Waals surface area contributed by atoms with Gasteiger partial charge in [0.15, 0.2) is 0 Å². The van der Waals surface area contributed by atoms with Crippen LogP contribution in [0.5, 0.6) is 0 Å². The molecule has 2 amide bonds. The lowest BCUT2D eigenvalue weighted by Crippen LogP contribution is -2.50. The summed E-state index contributed by atoms with van der Waals surface area (Å²) in [6.07, 6.45) is 3.99. The van der Waals surface area contributed by atoms with Gasteiger partial charge in [-0.15, -0.1) is 0 Å². The molecular weight excluding hydrogens is 308 g/mol. The Kier molecular flexibility index (Phi) is 9.94. The molecule has 0 fully saturated rings. The molecule has 0 radical (unpaired) electrons. The van der Waals surface area contributed by atoms with Gasteiger partial charge < -0.3 is 15.4 Å². The third-order valence-corrected chi connectivity index (χ3v) is 3.90. The van der Waals surface area contributed by atoms with Gasteiger partial charge in [0.2, 0.25) is 5.91 Å². The maximum absolute atomic E-state index is 12.2. The Morgan fingerprint density at radius 2 is 1.76 bits per heavy atom. The van der Waals surface area contributed by atoms with Gasteiger partial charge in [-0.1, -0.05) is 0 Å². The molecule has 0 spiro atoms. The molecule has 0 aromatic rings. The average Bonchev–Trinajstić information content (AvgIpc) is 2.32. The van der Waals surface area contributed by atoms with Crippen LogP contribution < -0.4 is 10.6 Å². The van der Waals surface area contributed by atoms with Crippen molar-refractivity contribution in [1.82, 2.24) is 10.6 Å². The highest BCUT2D eigenvalue weighted by atomic mass is 32.2. The summed E-state index contributed by atoms with van der Waals surface area (Å²) >= 11 is 3.31. The summed E-state index contributed by atoms with van der Waals surface area (Å²) in [6, 6.07) is -0.485. The summed E-state index contributed by atoms with van der Waals surface area (Å²) in [6.45, 7) is 7.34. The third-order valence-electron chi connectivity index (χ3n) is 2.42. The highest BCUT2D eigenvalue weighted by molar-refractivity contribution is 7.98. The number of amides is 2. The van der Waals surface area contributed by atoms with Crippen LogP contribution in [0.15, 0.2) is 0 Å². The van der Waals surface area contributed by atoms with Crippen molar-refractivity contribution in [3.8, 4) is 0 Å². The molecule has 0 aliphatic carbocycles. The summed E-state index contributed by atoms with van der Waals surface area (Å²) < 4.78 is 5.21. The molecule has 21 heavy (non-hydrogen) atoms. The van der Waals surface area contributed by atoms with Gasteiger partial charge in [-0.05, 0) is 52.4 Å². The Hall–Kier alpha value is -0.560. The number of thioether (sulfide) groups is 2. The van der Waals surface area contributed by atoms with E-state index in [0.29, 0.717) is 6.42 Å². The minimum atomic E-state index is -0.573. The van der Waals surface area contributed by atoms with E-state index in [0.717, 1.165) is 11.5 Å². The molecule has 0 rings (SSSR count). The number of carbonyl (C=O) groups is 2. The molecule has 5 nitrogen and oxygen atoms in total. The molecular formula is C14H28N2O3S2. The van der Waals surface area contributed by atoms with E-state index >= 15 is 0 Å². The van der Waals surface area contributed by atoms with Crippen molar-refractivity contribution in [2.45, 2.75) is 51.8 Å². The highest BCUT2D eigenvalue weighted by Crippen LogP contribution is 2.08. The Balaban J connectivity index is 4.56. The van der Waals surface area contributed by atoms with E-state index in [9.17, 15) is 9.59 Å². The van der Waals surface area contributed by atoms with Crippen LogP contribution in [0.25, 0.3) is 0 Å². The molecule has 2 atom stereocenters. The summed E-state index contributed by atoms with van der Waals surface area (Å²) in [5.74, 6) is 1.48. The molecule has 0 saturated heterocycles. The number of hydrogen-bond acceptors (Lipinski definition) is 5. The first-order valence-corrected chi connectivity index (χ1v) is 9.76. The number of nitrogens with one attached hydrogen (secondary N) is 2. The van der Waals surface area contributed by atoms with Crippen molar-refractivity contribution in [2.75, 3.05) is 24.0 Å². The first kappa shape index (κ1) is 20.4. The molecule has 0 aliphatic heterocycles. The molecule has 124 valence electrons. The summed E-state index contributed by atoms with van der Waals surface area (Å²) in [4.78, 5) is 24.1. The fraction of sp³-hybridized carbons (Fsp3) is 0.857. The van der Waals surface area contributed by atoms with E-state index in [1.807, 2.05) is 19.4 Å². The second kappa shape index (κ2) is 10.2. The summed E-state index contributed by atoms with van der Waals surface area (Å²) in [5, 5.41) is 5.58. The first-order valence-electron chi connectivity index (χ1n) is 6.97. The number of alkyl carbamates (subject to hydrolysis) is 1. The molecule has 0 heterocycles. The van der Waals surface area contributed by atoms with Gasteiger partial charge in [-0.3, -0.25) is 4.79 Å². The number of hydrogen-bond donors (Lipinski definition) is 2. The second-order valence-electron chi connectivity index (χ2n) is 5.85. The SMILES string of the molecule is CSCCC(NC(=O)OC(C)(C)C)C(=O)NC(C)CSC. The van der Waals surface area contributed by atoms with E-state index in [-0.39, 0.29) is 11.9 Å². The molecule has 0 bridgehead atoms. The third kappa shape index (κ3) is 10.8. The predicted octanol–water partition coefficient (Wildman–Crippen LogP) is 2.50. The van der Waals surface area contributed by atoms with E-state index in [4.69, 9.17) is 4.74 Å². The van der Waals surface area contributed by atoms with Crippen molar-refractivity contribution in [1.29, 1.82) is 0 Å². The molecule has 0 saturated carbocycles. The van der Waals surface area contributed by atoms with E-state index in [1.54, 1.807) is 44.3 Å². The topological polar surface area (TPSA) is 67.4 Å². The van der Waals surface area contributed by atoms with Crippen molar-refractivity contribution >= 4 is 35.5 Å². The Morgan fingerprint density at radius 3 is 2.24 bits per heavy atom. The normalized spacial score (nSPS) is 14.2. The van der Waals surface area contributed by atoms with Crippen molar-refractivity contribution in [2.24, 2.45) is 0 Å². The molecule has 0 aliphatic rings. The number of carbonyl (C=O) groups excluding carboxylic acids is 2. The van der Waals surface area contributed by atoms with Gasteiger partial charge in [-0.25, -0.2) is 4.79 Å². The zero-order valence-corrected chi connectivity index (χ0v) is 15.5. The van der Waals surface area contributed by atoms with Crippen molar-refractivity contribution in [3.63, 3.8) is 0 Å². The van der Waals surface area contributed by atoms with Crippen LogP contribution >= 0.6 is 23.5 Å². The van der Waals surface area contributed by atoms with Crippen LogP contribution in [0.2, 0.25) is 0 Å². The van der Waals surface area contributed by atoms with Gasteiger partial charge in [-0.2, -0.15) is 23.5 Å². The van der Waals surface area contributed by atoms with Gasteiger partial charge in [0.25, 0.3) is 0 Å². The van der Waals surface area contributed by atoms with Crippen LogP contribution in [0.3, 0.4) is 0 Å². The van der Waals surface area contributed by atoms with Gasteiger partial charge >= 0.3 is 6.09 Å². The van der Waals surface area contributed by atoms with E-state index in [1.165, 1.54) is 0 Å². The van der Waals surface area contributed by atoms with Crippen molar-refractivity contribution in [3.05, 3.63) is 0 Å². The zero-order chi connectivity index (χ0) is 16.5. The highest BCUT2D eigenvalue weighted by Gasteiger charge is 2.24. The maximum atomic E-state index is 12.2. The molecule has 0 aromatic heterocycles. The Labute approximate surface area is 136 Å². The fourth-order valence-electron chi connectivity index (χ4n) is 1.59. The van der Waals surface area contributed by atoms with Gasteiger partial charge in [0.1, 0.15) is 11.6 Å². The van der Waals surface area contributed by atoms with Gasteiger partial charge in [0.05, 0.1) is 0 Å². The molecule has 2 unspecified atom stereocenters. The minimum Gasteiger partial charge on any atom is -0.444 e. The van der Waals surface area contributed by atoms with E-state index < -0.39 is 17.7 Å². The molecule has 0 aromatic carbocycles. The van der Waals surface area contributed by atoms with Gasteiger partial charge in [0, 0.05) is 11.8 Å². The molecule has 7 heteroatoms. The average molecular weight is 337 g/mol. The Morgan fingerprint density at radius 1 is 1.14 bits per heavy atom. The monoisotopic (exact) mass is 336 g/mol. The standard InChI is InChI=1S/C14H28N2O3S2/c1-10(9-21-6)15-12(17)11(7-8-20-5)16-13(18)19-14(2,3)4/h10-11H,7-9H2,1-6H3,(H,15,17)(H,16,18). The second-order valence-corrected chi connectivity index (χ2v) is 7.74. The minimum absolute atomic E-state index is 0.0738. The van der Waals surface area contributed by atoms with Crippen LogP contribution in [0.4, 0.5) is 4.79 Å². The summed E-state index contributed by atoms with van der Waals surface area (Å²) in [7, 11) is 0. The smallest absolute Gasteiger partial charge is 0.408 e. The molecule has 2 N–H and O–H groups in total. The maximum Gasteiger partial charge on any atom is 0.408 e. The Bertz CT molecular complexity index is 333. The number of rotatable bonds is 8. The lowest BCUT2D eigenvalue weighted by molar-refractivity contribution is -0.123. The lowest BCUT2D eigenvalue weighted by atomic mass is 10.2. The van der Waals surface area contributed by atoms with E-state index in [2.05, 4.69) is 10.6 Å². The van der Waals surface area contributed by atoms with Crippen LogP contribution in [0.1, 0.15) is 34.1 Å². The largest absolute Gasteiger partial charge is 0.444 e. The van der Waals surface area contributed by atoms with Crippen LogP contribution in [-0.4, -0.2) is 53.7 Å². The predicted molar refractivity (Wildman–Crippen MR) is 92.1 cm³/mol. The van der Waals surface area contributed by atoms with Crippen LogP contribution in [-0.2, 0) is 9.53 Å². The fourth-order valence-corrected chi connectivity index (χ4v) is 2.64. The lowest BCUT2D eigenvalue weighted by Gasteiger charge is -2.24. The van der Waals surface area contributed by atoms with Crippen molar-refractivity contribution < 1.29 is 14.3 Å². The first-order chi connectivity index (χ1) is 9.69. The zero-order valence-electron chi connectivity index (χ0n) is 13.8. The summed E-state index contributed by atoms with van der Waals surface area (Å²) in [5.41, 5.74) is -0.573.